The summed E-state index contributed by atoms with van der Waals surface area (Å²) in [5.74, 6) is -1.15. The van der Waals surface area contributed by atoms with E-state index in [1.165, 1.54) is 0 Å². The molecule has 11 heteroatoms. The van der Waals surface area contributed by atoms with Crippen LogP contribution in [-0.4, -0.2) is 74.3 Å². The second kappa shape index (κ2) is 11.3. The lowest BCUT2D eigenvalue weighted by atomic mass is 10.2. The summed E-state index contributed by atoms with van der Waals surface area (Å²) >= 11 is 0. The van der Waals surface area contributed by atoms with E-state index in [0.29, 0.717) is 18.2 Å². The molecule has 1 fully saturated rings. The molecule has 0 atom stereocenters. The summed E-state index contributed by atoms with van der Waals surface area (Å²) in [6, 6.07) is 0. The second-order valence-electron chi connectivity index (χ2n) is 6.43. The number of rotatable bonds is 10. The lowest BCUT2D eigenvalue weighted by Gasteiger charge is -2.19. The molecule has 27 heavy (non-hydrogen) atoms. The number of nitrogens with zero attached hydrogens (tertiary/aromatic N) is 1. The molecule has 0 radical (unpaired) electrons. The molecule has 0 aromatic rings. The Morgan fingerprint density at radius 2 is 1.52 bits per heavy atom. The molecule has 1 heterocycles. The van der Waals surface area contributed by atoms with Gasteiger partial charge in [0, 0.05) is 19.4 Å². The normalized spacial score (nSPS) is 14.3. The molecule has 1 aliphatic heterocycles. The van der Waals surface area contributed by atoms with E-state index in [4.69, 9.17) is 14.2 Å². The van der Waals surface area contributed by atoms with Crippen molar-refractivity contribution in [1.82, 2.24) is 10.4 Å². The highest BCUT2D eigenvalue weighted by Gasteiger charge is 2.33. The molecule has 11 nitrogen and oxygen atoms in total. The minimum Gasteiger partial charge on any atom is -0.444 e. The smallest absolute Gasteiger partial charge is 0.444 e. The molecule has 0 unspecified atom stereocenters. The number of imide groups is 1. The van der Waals surface area contributed by atoms with E-state index in [1.54, 1.807) is 20.8 Å². The first-order valence-corrected chi connectivity index (χ1v) is 8.52. The van der Waals surface area contributed by atoms with Crippen molar-refractivity contribution in [3.63, 3.8) is 0 Å². The molecule has 1 N–H and O–H groups in total. The molecule has 0 aliphatic carbocycles. The zero-order valence-electron chi connectivity index (χ0n) is 15.8. The largest absolute Gasteiger partial charge is 0.534 e. The number of hydrogen-bond acceptors (Lipinski definition) is 9. The highest BCUT2D eigenvalue weighted by molar-refractivity contribution is 6.01. The SMILES string of the molecule is CC(C)(C)OC(=O)NCCOCCOCCOC(=O)ON1C(=O)CCC1=O. The molecule has 0 saturated carbocycles. The van der Waals surface area contributed by atoms with Crippen LogP contribution >= 0.6 is 0 Å². The van der Waals surface area contributed by atoms with Crippen molar-refractivity contribution in [2.24, 2.45) is 0 Å². The predicted octanol–water partition coefficient (Wildman–Crippen LogP) is 0.761. The van der Waals surface area contributed by atoms with Crippen molar-refractivity contribution in [3.05, 3.63) is 0 Å². The predicted molar refractivity (Wildman–Crippen MR) is 89.4 cm³/mol. The number of nitrogens with one attached hydrogen (secondary N) is 1. The molecule has 1 saturated heterocycles. The van der Waals surface area contributed by atoms with Gasteiger partial charge in [0.05, 0.1) is 26.4 Å². The average molecular weight is 390 g/mol. The van der Waals surface area contributed by atoms with E-state index in [-0.39, 0.29) is 39.3 Å². The fourth-order valence-corrected chi connectivity index (χ4v) is 1.80. The van der Waals surface area contributed by atoms with Gasteiger partial charge in [0.1, 0.15) is 12.2 Å². The van der Waals surface area contributed by atoms with Crippen LogP contribution in [0.1, 0.15) is 33.6 Å². The quantitative estimate of drug-likeness (QED) is 0.326. The van der Waals surface area contributed by atoms with Crippen LogP contribution in [0.2, 0.25) is 0 Å². The number of hydroxylamine groups is 2. The average Bonchev–Trinajstić information content (AvgIpc) is 2.87. The lowest BCUT2D eigenvalue weighted by Crippen LogP contribution is -2.34. The third-order valence-electron chi connectivity index (χ3n) is 2.91. The summed E-state index contributed by atoms with van der Waals surface area (Å²) in [4.78, 5) is 49.7. The fraction of sp³-hybridized carbons (Fsp3) is 0.750. The number of carbonyl (C=O) groups excluding carboxylic acids is 4. The Hall–Kier alpha value is -2.40. The molecule has 1 rings (SSSR count). The second-order valence-corrected chi connectivity index (χ2v) is 6.43. The maximum atomic E-state index is 11.4. The summed E-state index contributed by atoms with van der Waals surface area (Å²) < 4.78 is 20.2. The van der Waals surface area contributed by atoms with E-state index in [2.05, 4.69) is 14.9 Å². The zero-order valence-corrected chi connectivity index (χ0v) is 15.8. The summed E-state index contributed by atoms with van der Waals surface area (Å²) in [5.41, 5.74) is -0.549. The van der Waals surface area contributed by atoms with E-state index >= 15 is 0 Å². The van der Waals surface area contributed by atoms with Crippen LogP contribution in [0.25, 0.3) is 0 Å². The Morgan fingerprint density at radius 3 is 2.11 bits per heavy atom. The van der Waals surface area contributed by atoms with Gasteiger partial charge in [-0.25, -0.2) is 9.59 Å². The van der Waals surface area contributed by atoms with Crippen LogP contribution in [0.4, 0.5) is 9.59 Å². The van der Waals surface area contributed by atoms with Crippen LogP contribution in [0.5, 0.6) is 0 Å². The Morgan fingerprint density at radius 1 is 0.963 bits per heavy atom. The van der Waals surface area contributed by atoms with Crippen LogP contribution in [0, 0.1) is 0 Å². The van der Waals surface area contributed by atoms with Crippen LogP contribution in [-0.2, 0) is 33.4 Å². The summed E-state index contributed by atoms with van der Waals surface area (Å²) in [6.45, 7) is 6.46. The van der Waals surface area contributed by atoms with Crippen LogP contribution in [0.3, 0.4) is 0 Å². The maximum Gasteiger partial charge on any atom is 0.534 e. The molecule has 0 bridgehead atoms. The Kier molecular flexibility index (Phi) is 9.51. The number of ether oxygens (including phenoxy) is 4. The highest BCUT2D eigenvalue weighted by Crippen LogP contribution is 2.12. The molecule has 1 aliphatic rings. The van der Waals surface area contributed by atoms with E-state index < -0.39 is 29.7 Å². The molecule has 0 spiro atoms. The fourth-order valence-electron chi connectivity index (χ4n) is 1.80. The number of amides is 3. The minimum absolute atomic E-state index is 0.0164. The van der Waals surface area contributed by atoms with Crippen molar-refractivity contribution in [2.45, 2.75) is 39.2 Å². The van der Waals surface area contributed by atoms with Gasteiger partial charge >= 0.3 is 12.2 Å². The van der Waals surface area contributed by atoms with E-state index in [9.17, 15) is 19.2 Å². The van der Waals surface area contributed by atoms with Gasteiger partial charge in [0.25, 0.3) is 11.8 Å². The van der Waals surface area contributed by atoms with Crippen LogP contribution < -0.4 is 5.32 Å². The van der Waals surface area contributed by atoms with Gasteiger partial charge in [-0.15, -0.1) is 0 Å². The van der Waals surface area contributed by atoms with E-state index in [1.807, 2.05) is 0 Å². The van der Waals surface area contributed by atoms with Crippen molar-refractivity contribution in [2.75, 3.05) is 39.6 Å². The van der Waals surface area contributed by atoms with Gasteiger partial charge in [-0.2, -0.15) is 0 Å². The van der Waals surface area contributed by atoms with Crippen molar-refractivity contribution >= 4 is 24.1 Å². The number of alkyl carbamates (subject to hydrolysis) is 1. The third-order valence-corrected chi connectivity index (χ3v) is 2.91. The number of carbonyl (C=O) groups is 4. The first-order valence-electron chi connectivity index (χ1n) is 8.52. The number of hydrogen-bond donors (Lipinski definition) is 1. The van der Waals surface area contributed by atoms with Gasteiger partial charge in [0.2, 0.25) is 0 Å². The van der Waals surface area contributed by atoms with Gasteiger partial charge in [-0.1, -0.05) is 5.06 Å². The molecule has 3 amide bonds. The minimum atomic E-state index is -1.15. The summed E-state index contributed by atoms with van der Waals surface area (Å²) in [6.07, 6.45) is -1.62. The van der Waals surface area contributed by atoms with Crippen LogP contribution in [0.15, 0.2) is 0 Å². The van der Waals surface area contributed by atoms with E-state index in [0.717, 1.165) is 0 Å². The highest BCUT2D eigenvalue weighted by atomic mass is 16.8. The standard InChI is InChI=1S/C16H26N2O9/c1-16(2,3)26-14(21)17-6-7-23-8-9-24-10-11-25-15(22)27-18-12(19)4-5-13(18)20/h4-11H2,1-3H3,(H,17,21). The lowest BCUT2D eigenvalue weighted by molar-refractivity contribution is -0.177. The first-order chi connectivity index (χ1) is 12.7. The Balaban J connectivity index is 1.91. The molecular weight excluding hydrogens is 364 g/mol. The maximum absolute atomic E-state index is 11.4. The monoisotopic (exact) mass is 390 g/mol. The third kappa shape index (κ3) is 10.4. The van der Waals surface area contributed by atoms with Crippen molar-refractivity contribution in [1.29, 1.82) is 0 Å². The van der Waals surface area contributed by atoms with Crippen molar-refractivity contribution in [3.8, 4) is 0 Å². The topological polar surface area (TPSA) is 130 Å². The Bertz CT molecular complexity index is 514. The Labute approximate surface area is 157 Å². The first kappa shape index (κ1) is 22.6. The molecule has 154 valence electrons. The zero-order chi connectivity index (χ0) is 20.3. The van der Waals surface area contributed by atoms with Crippen molar-refractivity contribution < 1.29 is 43.0 Å². The van der Waals surface area contributed by atoms with Gasteiger partial charge < -0.3 is 24.3 Å². The molecular formula is C16H26N2O9. The summed E-state index contributed by atoms with van der Waals surface area (Å²) in [5, 5.41) is 2.95. The van der Waals surface area contributed by atoms with Gasteiger partial charge in [-0.05, 0) is 20.8 Å². The van der Waals surface area contributed by atoms with Gasteiger partial charge in [-0.3, -0.25) is 14.4 Å². The molecule has 0 aromatic carbocycles. The summed E-state index contributed by atoms with van der Waals surface area (Å²) in [7, 11) is 0. The molecule has 0 aromatic heterocycles. The van der Waals surface area contributed by atoms with Gasteiger partial charge in [0.15, 0.2) is 0 Å².